The van der Waals surface area contributed by atoms with Gasteiger partial charge in [0.15, 0.2) is 17.5 Å². The lowest BCUT2D eigenvalue weighted by atomic mass is 10.0. The zero-order chi connectivity index (χ0) is 25.5. The maximum atomic E-state index is 13.4. The third-order valence-electron chi connectivity index (χ3n) is 6.24. The molecule has 1 fully saturated rings. The number of carbonyl (C=O) groups excluding carboxylic acids is 1. The molecule has 4 rings (SSSR count). The maximum Gasteiger partial charge on any atom is 0.261 e. The summed E-state index contributed by atoms with van der Waals surface area (Å²) in [5.74, 6) is 5.27. The summed E-state index contributed by atoms with van der Waals surface area (Å²) in [6, 6.07) is 16.5. The number of aliphatic hydroxyl groups excluding tert-OH is 1. The molecule has 0 bridgehead atoms. The fraction of sp³-hybridized carbons (Fsp3) is 0.360. The number of likely N-dealkylation sites (N-methyl/N-ethyl adjacent to an activating group) is 1. The minimum absolute atomic E-state index is 0.156. The third kappa shape index (κ3) is 6.18. The Morgan fingerprint density at radius 2 is 2.08 bits per heavy atom. The highest BCUT2D eigenvalue weighted by Crippen LogP contribution is 2.32. The van der Waals surface area contributed by atoms with Gasteiger partial charge < -0.3 is 14.7 Å². The molecule has 1 aliphatic heterocycles. The molecule has 0 saturated carbocycles. The average molecular weight is 514 g/mol. The van der Waals surface area contributed by atoms with Crippen LogP contribution < -0.4 is 10.6 Å². The molecule has 2 unspecified atom stereocenters. The summed E-state index contributed by atoms with van der Waals surface area (Å²) < 4.78 is 25.9. The number of thiol groups is 1. The van der Waals surface area contributed by atoms with Crippen molar-refractivity contribution in [2.24, 2.45) is 10.3 Å². The Morgan fingerprint density at radius 1 is 1.28 bits per heavy atom. The minimum Gasteiger partial charge on any atom is -0.483 e. The molecule has 192 valence electrons. The van der Waals surface area contributed by atoms with Gasteiger partial charge >= 0.3 is 0 Å². The summed E-state index contributed by atoms with van der Waals surface area (Å²) in [4.78, 5) is 21.7. The van der Waals surface area contributed by atoms with Crippen LogP contribution in [0.2, 0.25) is 0 Å². The number of nitrogens with zero attached hydrogens (tertiary/aromatic N) is 4. The second-order valence-corrected chi connectivity index (χ2v) is 9.41. The van der Waals surface area contributed by atoms with Crippen LogP contribution in [0.25, 0.3) is 10.9 Å². The first kappa shape index (κ1) is 26.0. The number of benzene rings is 2. The molecule has 1 aromatic heterocycles. The number of carbonyl (C=O) groups is 1. The molecule has 36 heavy (non-hydrogen) atoms. The highest BCUT2D eigenvalue weighted by molar-refractivity contribution is 7.69. The van der Waals surface area contributed by atoms with E-state index in [1.165, 1.54) is 0 Å². The van der Waals surface area contributed by atoms with Gasteiger partial charge in [0.1, 0.15) is 17.0 Å². The number of aromatic nitrogens is 1. The second-order valence-electron chi connectivity index (χ2n) is 8.52. The number of β-amino-alcohol motifs (C(OH)–C–C–N with tert-alkyl or cyclic N) is 1. The number of rotatable bonds is 10. The van der Waals surface area contributed by atoms with E-state index in [2.05, 4.69) is 18.5 Å². The number of likely N-dealkylation sites (tertiary alicyclic amines) is 1. The summed E-state index contributed by atoms with van der Waals surface area (Å²) in [6.45, 7) is 4.31. The minimum atomic E-state index is -2.41. The summed E-state index contributed by atoms with van der Waals surface area (Å²) in [6.07, 6.45) is 1.99. The molecular formula is C25H31N5O5S. The van der Waals surface area contributed by atoms with E-state index in [1.54, 1.807) is 30.5 Å². The highest BCUT2D eigenvalue weighted by atomic mass is 32.2. The normalized spacial score (nSPS) is 17.8. The van der Waals surface area contributed by atoms with Crippen molar-refractivity contribution in [2.75, 3.05) is 32.8 Å². The fourth-order valence-corrected chi connectivity index (χ4v) is 4.91. The van der Waals surface area contributed by atoms with E-state index in [4.69, 9.17) is 10.6 Å². The summed E-state index contributed by atoms with van der Waals surface area (Å²) in [7, 11) is -2.41. The van der Waals surface area contributed by atoms with E-state index >= 15 is 0 Å². The van der Waals surface area contributed by atoms with Crippen molar-refractivity contribution in [2.45, 2.75) is 25.5 Å². The van der Waals surface area contributed by atoms with E-state index in [1.807, 2.05) is 42.2 Å². The molecule has 0 aliphatic carbocycles. The van der Waals surface area contributed by atoms with E-state index in [0.717, 1.165) is 18.5 Å². The van der Waals surface area contributed by atoms with Gasteiger partial charge in [-0.1, -0.05) is 30.3 Å². The quantitative estimate of drug-likeness (QED) is 0.278. The first-order valence-corrected chi connectivity index (χ1v) is 12.9. The van der Waals surface area contributed by atoms with Crippen molar-refractivity contribution in [3.63, 3.8) is 0 Å². The van der Waals surface area contributed by atoms with Gasteiger partial charge in [-0.05, 0) is 43.2 Å². The Balaban J connectivity index is 1.55. The topological polar surface area (TPSA) is 131 Å². The Bertz CT molecular complexity index is 1270. The number of pyridine rings is 1. The van der Waals surface area contributed by atoms with Gasteiger partial charge in [0.25, 0.3) is 5.91 Å². The number of nitrogens with two attached hydrogens (primary N) is 1. The first-order valence-electron chi connectivity index (χ1n) is 11.8. The number of fused-ring (bicyclic) bond motifs is 1. The number of hydrogen-bond acceptors (Lipinski definition) is 9. The van der Waals surface area contributed by atoms with Gasteiger partial charge in [-0.25, -0.2) is 4.21 Å². The average Bonchev–Trinajstić information content (AvgIpc) is 3.32. The first-order chi connectivity index (χ1) is 17.5. The standard InChI is InChI=1S/C25H31N5O5S/c1-2-30(22(18-7-4-3-5-8-18)16-29-14-12-19(31)15-29)24(32)17-34-23-11-10-21(28-36(33)35-26)25-20(23)9-6-13-27-25/h3-11,13,19,22,31,36H,2,12,14-17,26H2,1H3/t19-,22?/m0/s1. The Labute approximate surface area is 212 Å². The van der Waals surface area contributed by atoms with Crippen LogP contribution >= 0.6 is 0 Å². The monoisotopic (exact) mass is 513 g/mol. The van der Waals surface area contributed by atoms with Crippen LogP contribution in [0, 0.1) is 0 Å². The molecule has 0 spiro atoms. The molecule has 2 aromatic carbocycles. The van der Waals surface area contributed by atoms with Crippen LogP contribution in [-0.4, -0.2) is 68.9 Å². The van der Waals surface area contributed by atoms with E-state index < -0.39 is 10.9 Å². The SMILES string of the molecule is CCN(C(=O)COc1ccc(N=[SH](=O)ON)c2ncccc12)C(CN1CC[C@H](O)C1)c1ccccc1. The van der Waals surface area contributed by atoms with Crippen LogP contribution in [0.1, 0.15) is 24.9 Å². The lowest BCUT2D eigenvalue weighted by Crippen LogP contribution is -2.43. The molecule has 2 heterocycles. The van der Waals surface area contributed by atoms with Gasteiger partial charge in [0.2, 0.25) is 0 Å². The fourth-order valence-electron chi connectivity index (χ4n) is 4.52. The van der Waals surface area contributed by atoms with Gasteiger partial charge in [-0.15, -0.1) is 0 Å². The number of amides is 1. The molecule has 1 aliphatic rings. The molecule has 3 aromatic rings. The lowest BCUT2D eigenvalue weighted by Gasteiger charge is -2.34. The number of ether oxygens (including phenoxy) is 1. The van der Waals surface area contributed by atoms with Gasteiger partial charge in [0, 0.05) is 37.8 Å². The molecule has 1 saturated heterocycles. The van der Waals surface area contributed by atoms with Crippen molar-refractivity contribution in [1.29, 1.82) is 0 Å². The second kappa shape index (κ2) is 12.2. The Hall–Kier alpha value is -3.09. The largest absolute Gasteiger partial charge is 0.483 e. The summed E-state index contributed by atoms with van der Waals surface area (Å²) in [5, 5.41) is 10.6. The maximum absolute atomic E-state index is 13.4. The highest BCUT2D eigenvalue weighted by Gasteiger charge is 2.29. The molecule has 1 amide bonds. The van der Waals surface area contributed by atoms with Crippen LogP contribution in [0.4, 0.5) is 5.69 Å². The lowest BCUT2D eigenvalue weighted by molar-refractivity contribution is -0.136. The van der Waals surface area contributed by atoms with Crippen molar-refractivity contribution in [1.82, 2.24) is 14.8 Å². The molecule has 0 radical (unpaired) electrons. The van der Waals surface area contributed by atoms with Crippen molar-refractivity contribution < 1.29 is 23.1 Å². The van der Waals surface area contributed by atoms with E-state index in [0.29, 0.717) is 42.0 Å². The van der Waals surface area contributed by atoms with Crippen LogP contribution in [0.3, 0.4) is 0 Å². The van der Waals surface area contributed by atoms with Gasteiger partial charge in [-0.3, -0.25) is 14.7 Å². The molecular weight excluding hydrogens is 482 g/mol. The van der Waals surface area contributed by atoms with E-state index in [-0.39, 0.29) is 24.7 Å². The van der Waals surface area contributed by atoms with Crippen molar-refractivity contribution in [3.8, 4) is 5.75 Å². The zero-order valence-electron chi connectivity index (χ0n) is 20.1. The van der Waals surface area contributed by atoms with Crippen LogP contribution in [-0.2, 0) is 20.0 Å². The van der Waals surface area contributed by atoms with Crippen LogP contribution in [0.15, 0.2) is 65.2 Å². The van der Waals surface area contributed by atoms with Crippen molar-refractivity contribution in [3.05, 3.63) is 66.4 Å². The molecule has 10 nitrogen and oxygen atoms in total. The predicted molar refractivity (Wildman–Crippen MR) is 138 cm³/mol. The summed E-state index contributed by atoms with van der Waals surface area (Å²) in [5.41, 5.74) is 1.85. The van der Waals surface area contributed by atoms with Crippen LogP contribution in [0.5, 0.6) is 5.75 Å². The Morgan fingerprint density at radius 3 is 2.78 bits per heavy atom. The number of hydrogen-bond donors (Lipinski definition) is 3. The molecule has 11 heteroatoms. The Kier molecular flexibility index (Phi) is 8.83. The van der Waals surface area contributed by atoms with Gasteiger partial charge in [-0.2, -0.15) is 14.5 Å². The summed E-state index contributed by atoms with van der Waals surface area (Å²) >= 11 is 0. The smallest absolute Gasteiger partial charge is 0.261 e. The molecule has 3 N–H and O–H groups in total. The third-order valence-corrected chi connectivity index (χ3v) is 6.80. The molecule has 3 atom stereocenters. The zero-order valence-corrected chi connectivity index (χ0v) is 21.0. The van der Waals surface area contributed by atoms with Gasteiger partial charge in [0.05, 0.1) is 12.1 Å². The van der Waals surface area contributed by atoms with E-state index in [9.17, 15) is 14.1 Å². The van der Waals surface area contributed by atoms with Crippen molar-refractivity contribution >= 4 is 33.4 Å². The number of aliphatic hydroxyl groups is 1. The predicted octanol–water partition coefficient (Wildman–Crippen LogP) is 2.37.